The molecule has 0 spiro atoms. The first-order chi connectivity index (χ1) is 11.7. The molecular weight excluding hydrogens is 312 g/mol. The molecule has 1 unspecified atom stereocenters. The monoisotopic (exact) mass is 328 g/mol. The molecule has 3 aromatic heterocycles. The van der Waals surface area contributed by atoms with Gasteiger partial charge in [-0.25, -0.2) is 24.3 Å². The fourth-order valence-electron chi connectivity index (χ4n) is 2.86. The number of aromatic nitrogens is 7. The quantitative estimate of drug-likeness (QED) is 0.667. The molecule has 4 rings (SSSR count). The molecule has 3 aromatic rings. The van der Waals surface area contributed by atoms with Crippen LogP contribution in [-0.4, -0.2) is 53.6 Å². The summed E-state index contributed by atoms with van der Waals surface area (Å²) in [5.74, 6) is 1.33. The number of carbonyl (C=O) groups is 1. The number of aryl methyl sites for hydroxylation is 1. The zero-order valence-electron chi connectivity index (χ0n) is 13.1. The molecule has 0 amide bonds. The number of anilines is 1. The van der Waals surface area contributed by atoms with Crippen LogP contribution in [0, 0.1) is 0 Å². The van der Waals surface area contributed by atoms with E-state index in [1.165, 1.54) is 18.1 Å². The van der Waals surface area contributed by atoms with Crippen LogP contribution in [0.1, 0.15) is 12.2 Å². The van der Waals surface area contributed by atoms with Gasteiger partial charge in [0, 0.05) is 12.5 Å². The van der Waals surface area contributed by atoms with E-state index in [0.717, 1.165) is 30.6 Å². The van der Waals surface area contributed by atoms with Crippen LogP contribution >= 0.6 is 0 Å². The lowest BCUT2D eigenvalue weighted by Crippen LogP contribution is -2.32. The second-order valence-corrected chi connectivity index (χ2v) is 5.58. The largest absolute Gasteiger partial charge is 0.468 e. The van der Waals surface area contributed by atoms with Crippen molar-refractivity contribution in [3.05, 3.63) is 24.7 Å². The van der Waals surface area contributed by atoms with Gasteiger partial charge in [0.15, 0.2) is 5.65 Å². The minimum atomic E-state index is -0.376. The summed E-state index contributed by atoms with van der Waals surface area (Å²) in [6.45, 7) is 0.749. The van der Waals surface area contributed by atoms with E-state index >= 15 is 0 Å². The Morgan fingerprint density at radius 3 is 3.12 bits per heavy atom. The van der Waals surface area contributed by atoms with Crippen LogP contribution in [0.25, 0.3) is 11.0 Å². The normalized spacial score (nSPS) is 16.8. The van der Waals surface area contributed by atoms with E-state index < -0.39 is 0 Å². The lowest BCUT2D eigenvalue weighted by Gasteiger charge is -2.24. The third kappa shape index (κ3) is 2.55. The molecule has 0 radical (unpaired) electrons. The van der Waals surface area contributed by atoms with E-state index in [1.807, 2.05) is 4.68 Å². The molecule has 124 valence electrons. The highest BCUT2D eigenvalue weighted by molar-refractivity contribution is 5.87. The Morgan fingerprint density at radius 1 is 1.33 bits per heavy atom. The van der Waals surface area contributed by atoms with Gasteiger partial charge in [-0.3, -0.25) is 4.79 Å². The Morgan fingerprint density at radius 2 is 2.25 bits per heavy atom. The maximum atomic E-state index is 11.5. The van der Waals surface area contributed by atoms with E-state index in [1.54, 1.807) is 12.5 Å². The number of fused-ring (bicyclic) bond motifs is 2. The third-order valence-corrected chi connectivity index (χ3v) is 4.09. The lowest BCUT2D eigenvalue weighted by molar-refractivity contribution is -0.141. The average Bonchev–Trinajstić information content (AvgIpc) is 3.22. The molecule has 0 aromatic carbocycles. The van der Waals surface area contributed by atoms with Crippen LogP contribution in [0.3, 0.4) is 0 Å². The van der Waals surface area contributed by atoms with Gasteiger partial charge in [0.1, 0.15) is 30.8 Å². The minimum absolute atomic E-state index is 0.0161. The second kappa shape index (κ2) is 5.87. The number of nitrogens with one attached hydrogen (secondary N) is 1. The van der Waals surface area contributed by atoms with Gasteiger partial charge in [0.2, 0.25) is 0 Å². The predicted octanol–water partition coefficient (Wildman–Crippen LogP) is 0.0177. The lowest BCUT2D eigenvalue weighted by atomic mass is 10.1. The van der Waals surface area contributed by atoms with Crippen LogP contribution in [0.5, 0.6) is 0 Å². The molecular formula is C14H16N8O2. The van der Waals surface area contributed by atoms with Crippen LogP contribution < -0.4 is 5.32 Å². The molecule has 0 bridgehead atoms. The van der Waals surface area contributed by atoms with Crippen molar-refractivity contribution in [3.63, 3.8) is 0 Å². The number of esters is 1. The summed E-state index contributed by atoms with van der Waals surface area (Å²) < 4.78 is 8.08. The second-order valence-electron chi connectivity index (χ2n) is 5.58. The highest BCUT2D eigenvalue weighted by Crippen LogP contribution is 2.22. The average molecular weight is 328 g/mol. The Bertz CT molecular complexity index is 886. The van der Waals surface area contributed by atoms with Gasteiger partial charge in [-0.1, -0.05) is 0 Å². The smallest absolute Gasteiger partial charge is 0.327 e. The van der Waals surface area contributed by atoms with Crippen molar-refractivity contribution in [2.45, 2.75) is 32.0 Å². The molecule has 0 saturated carbocycles. The number of nitrogens with zero attached hydrogens (tertiary/aromatic N) is 7. The van der Waals surface area contributed by atoms with Crippen molar-refractivity contribution in [3.8, 4) is 0 Å². The van der Waals surface area contributed by atoms with Crippen LogP contribution in [0.2, 0.25) is 0 Å². The zero-order chi connectivity index (χ0) is 16.5. The fraction of sp³-hybridized carbons (Fsp3) is 0.429. The third-order valence-electron chi connectivity index (χ3n) is 4.09. The fourth-order valence-corrected chi connectivity index (χ4v) is 2.86. The van der Waals surface area contributed by atoms with E-state index in [9.17, 15) is 4.79 Å². The number of rotatable bonds is 4. The first kappa shape index (κ1) is 14.5. The first-order valence-electron chi connectivity index (χ1n) is 7.61. The van der Waals surface area contributed by atoms with Gasteiger partial charge in [-0.05, 0) is 6.42 Å². The summed E-state index contributed by atoms with van der Waals surface area (Å²) in [6.07, 6.45) is 6.51. The van der Waals surface area contributed by atoms with E-state index in [2.05, 4.69) is 35.2 Å². The standard InChI is InChI=1S/C14H16N8O2/c1-24-12(23)6-22-14-10(4-18-22)13(16-7-17-14)20-9-2-3-11-15-8-19-21(11)5-9/h4,7-9H,2-3,5-6H2,1H3,(H,16,17,20). The van der Waals surface area contributed by atoms with E-state index in [4.69, 9.17) is 0 Å². The Hall–Kier alpha value is -3.04. The number of hydrogen-bond acceptors (Lipinski definition) is 8. The van der Waals surface area contributed by atoms with E-state index in [0.29, 0.717) is 11.5 Å². The van der Waals surface area contributed by atoms with Gasteiger partial charge in [-0.2, -0.15) is 10.2 Å². The van der Waals surface area contributed by atoms with Crippen molar-refractivity contribution in [1.82, 2.24) is 34.5 Å². The number of hydrogen-bond donors (Lipinski definition) is 1. The maximum absolute atomic E-state index is 11.5. The van der Waals surface area contributed by atoms with Crippen molar-refractivity contribution in [2.75, 3.05) is 12.4 Å². The highest BCUT2D eigenvalue weighted by Gasteiger charge is 2.21. The van der Waals surface area contributed by atoms with Crippen LogP contribution in [-0.2, 0) is 29.0 Å². The maximum Gasteiger partial charge on any atom is 0.327 e. The molecule has 24 heavy (non-hydrogen) atoms. The summed E-state index contributed by atoms with van der Waals surface area (Å²) in [7, 11) is 1.34. The Labute approximate surface area is 136 Å². The molecule has 10 heteroatoms. The van der Waals surface area contributed by atoms with Crippen molar-refractivity contribution in [2.24, 2.45) is 0 Å². The summed E-state index contributed by atoms with van der Waals surface area (Å²) in [5.41, 5.74) is 0.593. The Kier molecular flexibility index (Phi) is 3.56. The number of ether oxygens (including phenoxy) is 1. The van der Waals surface area contributed by atoms with Crippen molar-refractivity contribution in [1.29, 1.82) is 0 Å². The SMILES string of the molecule is COC(=O)Cn1ncc2c(NC3CCc4ncnn4C3)ncnc21. The minimum Gasteiger partial charge on any atom is -0.468 e. The van der Waals surface area contributed by atoms with E-state index in [-0.39, 0.29) is 18.6 Å². The number of methoxy groups -OCH3 is 1. The van der Waals surface area contributed by atoms with Crippen molar-refractivity contribution >= 4 is 22.8 Å². The molecule has 1 atom stereocenters. The molecule has 1 aliphatic heterocycles. The van der Waals surface area contributed by atoms with Gasteiger partial charge in [-0.15, -0.1) is 0 Å². The first-order valence-corrected chi connectivity index (χ1v) is 7.61. The zero-order valence-corrected chi connectivity index (χ0v) is 13.1. The molecule has 0 saturated heterocycles. The predicted molar refractivity (Wildman–Crippen MR) is 83.1 cm³/mol. The topological polar surface area (TPSA) is 113 Å². The summed E-state index contributed by atoms with van der Waals surface area (Å²) in [4.78, 5) is 24.2. The van der Waals surface area contributed by atoms with Gasteiger partial charge >= 0.3 is 5.97 Å². The summed E-state index contributed by atoms with van der Waals surface area (Å²) in [5, 5.41) is 12.6. The Balaban J connectivity index is 1.58. The van der Waals surface area contributed by atoms with Gasteiger partial charge in [0.25, 0.3) is 0 Å². The van der Waals surface area contributed by atoms with Crippen LogP contribution in [0.4, 0.5) is 5.82 Å². The number of carbonyl (C=O) groups excluding carboxylic acids is 1. The van der Waals surface area contributed by atoms with Crippen molar-refractivity contribution < 1.29 is 9.53 Å². The van der Waals surface area contributed by atoms with Gasteiger partial charge in [0.05, 0.1) is 25.2 Å². The summed E-state index contributed by atoms with van der Waals surface area (Å²) in [6, 6.07) is 0.196. The highest BCUT2D eigenvalue weighted by atomic mass is 16.5. The van der Waals surface area contributed by atoms with Crippen LogP contribution in [0.15, 0.2) is 18.9 Å². The summed E-state index contributed by atoms with van der Waals surface area (Å²) >= 11 is 0. The molecule has 1 aliphatic rings. The molecule has 4 heterocycles. The van der Waals surface area contributed by atoms with Gasteiger partial charge < -0.3 is 10.1 Å². The molecule has 0 fully saturated rings. The molecule has 10 nitrogen and oxygen atoms in total. The molecule has 1 N–H and O–H groups in total. The molecule has 0 aliphatic carbocycles.